The molecule has 0 radical (unpaired) electrons. The topological polar surface area (TPSA) is 79.4 Å². The summed E-state index contributed by atoms with van der Waals surface area (Å²) in [6.45, 7) is 2.39. The van der Waals surface area contributed by atoms with Gasteiger partial charge in [0.2, 0.25) is 15.9 Å². The molecule has 0 saturated heterocycles. The number of amides is 1. The molecule has 0 aromatic carbocycles. The molecule has 1 aromatic rings. The highest BCUT2D eigenvalue weighted by Crippen LogP contribution is 2.05. The average molecular weight is 285 g/mol. The Morgan fingerprint density at radius 1 is 1.42 bits per heavy atom. The second-order valence-corrected chi connectivity index (χ2v) is 6.18. The number of hydrogen-bond donors (Lipinski definition) is 1. The second kappa shape index (κ2) is 7.20. The predicted molar refractivity (Wildman–Crippen MR) is 72.8 cm³/mol. The van der Waals surface area contributed by atoms with E-state index in [0.717, 1.165) is 17.0 Å². The standard InChI is InChI=1S/C12H19N3O3S/c1-3-7-14-12(16)10-15(19(2,17)18)9-11-6-4-5-8-13-11/h4-6,8H,3,7,9-10H2,1-2H3,(H,14,16). The summed E-state index contributed by atoms with van der Waals surface area (Å²) in [5.74, 6) is -0.303. The number of rotatable bonds is 7. The Kier molecular flexibility index (Phi) is 5.91. The van der Waals surface area contributed by atoms with Crippen molar-refractivity contribution in [1.29, 1.82) is 0 Å². The molecular weight excluding hydrogens is 266 g/mol. The Balaban J connectivity index is 2.71. The lowest BCUT2D eigenvalue weighted by molar-refractivity contribution is -0.121. The molecule has 0 atom stereocenters. The molecule has 6 nitrogen and oxygen atoms in total. The number of nitrogens with one attached hydrogen (secondary N) is 1. The van der Waals surface area contributed by atoms with Gasteiger partial charge in [0, 0.05) is 12.7 Å². The maximum absolute atomic E-state index is 11.7. The van der Waals surface area contributed by atoms with Crippen LogP contribution < -0.4 is 5.32 Å². The van der Waals surface area contributed by atoms with Crippen LogP contribution in [0.2, 0.25) is 0 Å². The van der Waals surface area contributed by atoms with Crippen molar-refractivity contribution in [3.8, 4) is 0 Å². The highest BCUT2D eigenvalue weighted by molar-refractivity contribution is 7.88. The van der Waals surface area contributed by atoms with Crippen LogP contribution in [0, 0.1) is 0 Å². The van der Waals surface area contributed by atoms with Crippen LogP contribution in [0.5, 0.6) is 0 Å². The summed E-state index contributed by atoms with van der Waals surface area (Å²) in [4.78, 5) is 15.7. The quantitative estimate of drug-likeness (QED) is 0.785. The van der Waals surface area contributed by atoms with Gasteiger partial charge in [-0.25, -0.2) is 8.42 Å². The summed E-state index contributed by atoms with van der Waals surface area (Å²) < 4.78 is 24.4. The van der Waals surface area contributed by atoms with Gasteiger partial charge in [0.05, 0.1) is 25.0 Å². The van der Waals surface area contributed by atoms with Gasteiger partial charge in [-0.1, -0.05) is 13.0 Å². The fourth-order valence-corrected chi connectivity index (χ4v) is 2.16. The Morgan fingerprint density at radius 2 is 2.16 bits per heavy atom. The third kappa shape index (κ3) is 5.80. The van der Waals surface area contributed by atoms with Crippen molar-refractivity contribution in [2.24, 2.45) is 0 Å². The zero-order valence-electron chi connectivity index (χ0n) is 11.2. The largest absolute Gasteiger partial charge is 0.355 e. The van der Waals surface area contributed by atoms with Gasteiger partial charge in [-0.2, -0.15) is 4.31 Å². The van der Waals surface area contributed by atoms with E-state index in [-0.39, 0.29) is 19.0 Å². The molecule has 0 unspecified atom stereocenters. The van der Waals surface area contributed by atoms with Gasteiger partial charge in [0.1, 0.15) is 0 Å². The summed E-state index contributed by atoms with van der Waals surface area (Å²) in [5.41, 5.74) is 0.608. The SMILES string of the molecule is CCCNC(=O)CN(Cc1ccccn1)S(C)(=O)=O. The lowest BCUT2D eigenvalue weighted by Crippen LogP contribution is -2.40. The van der Waals surface area contributed by atoms with Gasteiger partial charge in [0.15, 0.2) is 0 Å². The smallest absolute Gasteiger partial charge is 0.235 e. The van der Waals surface area contributed by atoms with Crippen molar-refractivity contribution in [3.63, 3.8) is 0 Å². The summed E-state index contributed by atoms with van der Waals surface area (Å²) in [6.07, 6.45) is 3.49. The minimum Gasteiger partial charge on any atom is -0.355 e. The van der Waals surface area contributed by atoms with E-state index in [1.165, 1.54) is 0 Å². The van der Waals surface area contributed by atoms with Crippen LogP contribution in [0.25, 0.3) is 0 Å². The van der Waals surface area contributed by atoms with E-state index in [1.54, 1.807) is 24.4 Å². The fraction of sp³-hybridized carbons (Fsp3) is 0.500. The van der Waals surface area contributed by atoms with E-state index < -0.39 is 10.0 Å². The van der Waals surface area contributed by atoms with Crippen molar-refractivity contribution in [2.75, 3.05) is 19.3 Å². The van der Waals surface area contributed by atoms with Crippen LogP contribution in [-0.4, -0.2) is 43.0 Å². The number of pyridine rings is 1. The number of sulfonamides is 1. The van der Waals surface area contributed by atoms with E-state index >= 15 is 0 Å². The molecule has 0 aliphatic heterocycles. The summed E-state index contributed by atoms with van der Waals surface area (Å²) in [6, 6.07) is 5.25. The zero-order chi connectivity index (χ0) is 14.3. The number of nitrogens with zero attached hydrogens (tertiary/aromatic N) is 2. The Bertz CT molecular complexity index is 502. The first kappa shape index (κ1) is 15.6. The van der Waals surface area contributed by atoms with Crippen LogP contribution >= 0.6 is 0 Å². The molecule has 19 heavy (non-hydrogen) atoms. The van der Waals surface area contributed by atoms with Crippen molar-refractivity contribution >= 4 is 15.9 Å². The molecule has 0 aliphatic carbocycles. The zero-order valence-corrected chi connectivity index (χ0v) is 12.0. The molecule has 0 fully saturated rings. The van der Waals surface area contributed by atoms with E-state index in [0.29, 0.717) is 12.2 Å². The van der Waals surface area contributed by atoms with Gasteiger partial charge >= 0.3 is 0 Å². The van der Waals surface area contributed by atoms with Gasteiger partial charge in [0.25, 0.3) is 0 Å². The van der Waals surface area contributed by atoms with E-state index in [4.69, 9.17) is 0 Å². The minimum absolute atomic E-state index is 0.0964. The molecule has 1 rings (SSSR count). The van der Waals surface area contributed by atoms with Crippen LogP contribution in [-0.2, 0) is 21.4 Å². The van der Waals surface area contributed by atoms with Crippen LogP contribution in [0.1, 0.15) is 19.0 Å². The van der Waals surface area contributed by atoms with Crippen molar-refractivity contribution in [2.45, 2.75) is 19.9 Å². The predicted octanol–water partition coefficient (Wildman–Crippen LogP) is 0.369. The third-order valence-corrected chi connectivity index (χ3v) is 3.62. The Morgan fingerprint density at radius 3 is 2.68 bits per heavy atom. The van der Waals surface area contributed by atoms with Crippen molar-refractivity contribution in [3.05, 3.63) is 30.1 Å². The molecule has 1 amide bonds. The van der Waals surface area contributed by atoms with Gasteiger partial charge in [-0.15, -0.1) is 0 Å². The van der Waals surface area contributed by atoms with Crippen molar-refractivity contribution in [1.82, 2.24) is 14.6 Å². The Hall–Kier alpha value is -1.47. The summed E-state index contributed by atoms with van der Waals surface area (Å²) in [5, 5.41) is 2.66. The first-order valence-electron chi connectivity index (χ1n) is 6.05. The van der Waals surface area contributed by atoms with Crippen molar-refractivity contribution < 1.29 is 13.2 Å². The van der Waals surface area contributed by atoms with Crippen LogP contribution in [0.4, 0.5) is 0 Å². The third-order valence-electron chi connectivity index (χ3n) is 2.43. The van der Waals surface area contributed by atoms with Gasteiger partial charge < -0.3 is 5.32 Å². The molecule has 1 heterocycles. The molecule has 1 N–H and O–H groups in total. The minimum atomic E-state index is -3.45. The fourth-order valence-electron chi connectivity index (χ4n) is 1.44. The Labute approximate surface area is 113 Å². The molecule has 0 aliphatic rings. The summed E-state index contributed by atoms with van der Waals surface area (Å²) in [7, 11) is -3.45. The maximum Gasteiger partial charge on any atom is 0.235 e. The van der Waals surface area contributed by atoms with Crippen LogP contribution in [0.3, 0.4) is 0 Å². The van der Waals surface area contributed by atoms with Gasteiger partial charge in [-0.05, 0) is 18.6 Å². The second-order valence-electron chi connectivity index (χ2n) is 4.20. The molecule has 0 bridgehead atoms. The van der Waals surface area contributed by atoms with E-state index in [2.05, 4.69) is 10.3 Å². The molecule has 7 heteroatoms. The number of hydrogen-bond acceptors (Lipinski definition) is 4. The molecule has 0 saturated carbocycles. The highest BCUT2D eigenvalue weighted by Gasteiger charge is 2.20. The molecule has 0 spiro atoms. The highest BCUT2D eigenvalue weighted by atomic mass is 32.2. The first-order chi connectivity index (χ1) is 8.93. The maximum atomic E-state index is 11.7. The average Bonchev–Trinajstić information content (AvgIpc) is 2.36. The van der Waals surface area contributed by atoms with Crippen LogP contribution in [0.15, 0.2) is 24.4 Å². The molecular formula is C12H19N3O3S. The molecule has 106 valence electrons. The van der Waals surface area contributed by atoms with Gasteiger partial charge in [-0.3, -0.25) is 9.78 Å². The first-order valence-corrected chi connectivity index (χ1v) is 7.90. The summed E-state index contributed by atoms with van der Waals surface area (Å²) >= 11 is 0. The monoisotopic (exact) mass is 285 g/mol. The lowest BCUT2D eigenvalue weighted by atomic mass is 10.3. The van der Waals surface area contributed by atoms with E-state index in [9.17, 15) is 13.2 Å². The number of carbonyl (C=O) groups excluding carboxylic acids is 1. The normalized spacial score (nSPS) is 11.5. The number of carbonyl (C=O) groups is 1. The molecule has 1 aromatic heterocycles. The lowest BCUT2D eigenvalue weighted by Gasteiger charge is -2.18. The number of aromatic nitrogens is 1. The van der Waals surface area contributed by atoms with E-state index in [1.807, 2.05) is 6.92 Å².